The minimum absolute atomic E-state index is 0.776. The molecule has 83 valence electrons. The van der Waals surface area contributed by atoms with E-state index in [1.807, 2.05) is 24.4 Å². The van der Waals surface area contributed by atoms with Crippen molar-refractivity contribution in [3.05, 3.63) is 71.4 Å². The first-order valence-corrected chi connectivity index (χ1v) is 5.91. The van der Waals surface area contributed by atoms with Gasteiger partial charge in [-0.2, -0.15) is 0 Å². The van der Waals surface area contributed by atoms with Crippen molar-refractivity contribution in [1.29, 1.82) is 0 Å². The zero-order valence-corrected chi connectivity index (χ0v) is 9.98. The van der Waals surface area contributed by atoms with Crippen LogP contribution in [0.25, 0.3) is 10.9 Å². The predicted molar refractivity (Wildman–Crippen MR) is 71.3 cm³/mol. The number of halogens is 1. The number of hydrogen-bond donors (Lipinski definition) is 0. The molecule has 0 aliphatic rings. The fourth-order valence-electron chi connectivity index (χ4n) is 1.98. The SMILES string of the molecule is Clc1ccc(Cn2c[c]c3ccccc32)cc1. The van der Waals surface area contributed by atoms with E-state index < -0.39 is 0 Å². The summed E-state index contributed by atoms with van der Waals surface area (Å²) in [6.45, 7) is 0.848. The van der Waals surface area contributed by atoms with Crippen LogP contribution in [0.2, 0.25) is 5.02 Å². The number of fused-ring (bicyclic) bond motifs is 1. The van der Waals surface area contributed by atoms with E-state index in [1.165, 1.54) is 11.1 Å². The second kappa shape index (κ2) is 4.27. The number of para-hydroxylation sites is 1. The van der Waals surface area contributed by atoms with Crippen molar-refractivity contribution in [2.24, 2.45) is 0 Å². The van der Waals surface area contributed by atoms with Gasteiger partial charge in [0.15, 0.2) is 0 Å². The van der Waals surface area contributed by atoms with E-state index in [9.17, 15) is 0 Å². The molecule has 1 nitrogen and oxygen atoms in total. The van der Waals surface area contributed by atoms with Crippen LogP contribution in [0.3, 0.4) is 0 Å². The third-order valence-corrected chi connectivity index (χ3v) is 3.11. The standard InChI is InChI=1S/C15H11ClN/c16-14-7-5-12(6-8-14)11-17-10-9-13-3-1-2-4-15(13)17/h1-8,10H,11H2. The molecule has 0 amide bonds. The summed E-state index contributed by atoms with van der Waals surface area (Å²) in [4.78, 5) is 0. The second-order valence-corrected chi connectivity index (χ2v) is 4.48. The molecule has 1 radical (unpaired) electrons. The molecule has 0 bridgehead atoms. The Bertz CT molecular complexity index is 637. The first-order chi connectivity index (χ1) is 8.33. The maximum absolute atomic E-state index is 5.88. The molecule has 1 heterocycles. The van der Waals surface area contributed by atoms with Gasteiger partial charge in [0.25, 0.3) is 0 Å². The Morgan fingerprint density at radius 2 is 1.76 bits per heavy atom. The van der Waals surface area contributed by atoms with E-state index in [4.69, 9.17) is 11.6 Å². The van der Waals surface area contributed by atoms with Crippen molar-refractivity contribution in [3.8, 4) is 0 Å². The normalized spacial score (nSPS) is 10.9. The molecule has 0 spiro atoms. The third-order valence-electron chi connectivity index (χ3n) is 2.86. The second-order valence-electron chi connectivity index (χ2n) is 4.04. The minimum atomic E-state index is 0.776. The lowest BCUT2D eigenvalue weighted by molar-refractivity contribution is 0.836. The molecule has 0 fully saturated rings. The Labute approximate surface area is 105 Å². The number of benzene rings is 2. The Kier molecular flexibility index (Phi) is 2.62. The highest BCUT2D eigenvalue weighted by Crippen LogP contribution is 2.17. The van der Waals surface area contributed by atoms with E-state index in [0.29, 0.717) is 0 Å². The molecule has 3 aromatic rings. The van der Waals surface area contributed by atoms with Crippen molar-refractivity contribution in [2.75, 3.05) is 0 Å². The van der Waals surface area contributed by atoms with Crippen LogP contribution in [0.4, 0.5) is 0 Å². The Morgan fingerprint density at radius 3 is 2.59 bits per heavy atom. The molecule has 2 heteroatoms. The Hall–Kier alpha value is -1.73. The summed E-state index contributed by atoms with van der Waals surface area (Å²) in [5, 5.41) is 1.93. The zero-order valence-electron chi connectivity index (χ0n) is 9.23. The molecule has 0 unspecified atom stereocenters. The van der Waals surface area contributed by atoms with Crippen molar-refractivity contribution in [3.63, 3.8) is 0 Å². The lowest BCUT2D eigenvalue weighted by atomic mass is 10.2. The zero-order chi connectivity index (χ0) is 11.7. The van der Waals surface area contributed by atoms with Gasteiger partial charge in [0.1, 0.15) is 0 Å². The van der Waals surface area contributed by atoms with Gasteiger partial charge in [-0.05, 0) is 23.8 Å². The van der Waals surface area contributed by atoms with Crippen LogP contribution in [-0.2, 0) is 6.54 Å². The highest BCUT2D eigenvalue weighted by atomic mass is 35.5. The van der Waals surface area contributed by atoms with Gasteiger partial charge in [0.2, 0.25) is 0 Å². The lowest BCUT2D eigenvalue weighted by Crippen LogP contribution is -1.97. The quantitative estimate of drug-likeness (QED) is 0.634. The molecule has 0 saturated carbocycles. The van der Waals surface area contributed by atoms with Gasteiger partial charge >= 0.3 is 0 Å². The maximum atomic E-state index is 5.88. The molecule has 17 heavy (non-hydrogen) atoms. The van der Waals surface area contributed by atoms with Crippen LogP contribution < -0.4 is 0 Å². The molecule has 3 rings (SSSR count). The van der Waals surface area contributed by atoms with Crippen molar-refractivity contribution < 1.29 is 0 Å². The number of nitrogens with zero attached hydrogens (tertiary/aromatic N) is 1. The first kappa shape index (κ1) is 10.4. The van der Waals surface area contributed by atoms with Crippen LogP contribution in [0, 0.1) is 6.07 Å². The molecule has 0 saturated heterocycles. The molecule has 1 aromatic heterocycles. The molecular formula is C15H11ClN. The molecule has 0 atom stereocenters. The molecule has 2 aromatic carbocycles. The minimum Gasteiger partial charge on any atom is -0.342 e. The summed E-state index contributed by atoms with van der Waals surface area (Å²) in [6, 6.07) is 19.5. The highest BCUT2D eigenvalue weighted by Gasteiger charge is 2.01. The van der Waals surface area contributed by atoms with Crippen molar-refractivity contribution in [1.82, 2.24) is 4.57 Å². The average Bonchev–Trinajstić information content (AvgIpc) is 2.76. The number of rotatable bonds is 2. The van der Waals surface area contributed by atoms with Crippen molar-refractivity contribution >= 4 is 22.5 Å². The summed E-state index contributed by atoms with van der Waals surface area (Å²) >= 11 is 5.88. The summed E-state index contributed by atoms with van der Waals surface area (Å²) in [5.74, 6) is 0. The monoisotopic (exact) mass is 240 g/mol. The predicted octanol–water partition coefficient (Wildman–Crippen LogP) is 4.14. The summed E-state index contributed by atoms with van der Waals surface area (Å²) in [6.07, 6.45) is 2.00. The maximum Gasteiger partial charge on any atom is 0.0489 e. The largest absolute Gasteiger partial charge is 0.342 e. The van der Waals surface area contributed by atoms with Crippen molar-refractivity contribution in [2.45, 2.75) is 6.54 Å². The Morgan fingerprint density at radius 1 is 1.00 bits per heavy atom. The van der Waals surface area contributed by atoms with E-state index in [0.717, 1.165) is 17.0 Å². The topological polar surface area (TPSA) is 4.93 Å². The van der Waals surface area contributed by atoms with Crippen LogP contribution in [0.1, 0.15) is 5.56 Å². The van der Waals surface area contributed by atoms with Crippen LogP contribution >= 0.6 is 11.6 Å². The molecular weight excluding hydrogens is 230 g/mol. The van der Waals surface area contributed by atoms with Gasteiger partial charge in [-0.3, -0.25) is 0 Å². The van der Waals surface area contributed by atoms with E-state index in [-0.39, 0.29) is 0 Å². The van der Waals surface area contributed by atoms with Gasteiger partial charge < -0.3 is 4.57 Å². The fraction of sp³-hybridized carbons (Fsp3) is 0.0667. The van der Waals surface area contributed by atoms with Crippen LogP contribution in [0.15, 0.2) is 54.7 Å². The van der Waals surface area contributed by atoms with Gasteiger partial charge in [0.05, 0.1) is 0 Å². The molecule has 0 N–H and O–H groups in total. The summed E-state index contributed by atoms with van der Waals surface area (Å²) in [7, 11) is 0. The molecule has 0 aliphatic heterocycles. The number of aromatic nitrogens is 1. The highest BCUT2D eigenvalue weighted by molar-refractivity contribution is 6.30. The lowest BCUT2D eigenvalue weighted by Gasteiger charge is -2.05. The van der Waals surface area contributed by atoms with Gasteiger partial charge in [-0.15, -0.1) is 0 Å². The summed E-state index contributed by atoms with van der Waals surface area (Å²) in [5.41, 5.74) is 2.45. The average molecular weight is 241 g/mol. The fourth-order valence-corrected chi connectivity index (χ4v) is 2.11. The smallest absolute Gasteiger partial charge is 0.0489 e. The van der Waals surface area contributed by atoms with E-state index >= 15 is 0 Å². The van der Waals surface area contributed by atoms with E-state index in [1.54, 1.807) is 0 Å². The van der Waals surface area contributed by atoms with E-state index in [2.05, 4.69) is 41.0 Å². The third kappa shape index (κ3) is 2.06. The number of hydrogen-bond acceptors (Lipinski definition) is 0. The van der Waals surface area contributed by atoms with Crippen LogP contribution in [-0.4, -0.2) is 4.57 Å². The molecule has 0 aliphatic carbocycles. The van der Waals surface area contributed by atoms with Crippen LogP contribution in [0.5, 0.6) is 0 Å². The van der Waals surface area contributed by atoms with Gasteiger partial charge in [-0.25, -0.2) is 0 Å². The summed E-state index contributed by atoms with van der Waals surface area (Å²) < 4.78 is 2.19. The van der Waals surface area contributed by atoms with Gasteiger partial charge in [0, 0.05) is 34.7 Å². The Balaban J connectivity index is 1.97. The first-order valence-electron chi connectivity index (χ1n) is 5.53. The van der Waals surface area contributed by atoms with Gasteiger partial charge in [-0.1, -0.05) is 41.9 Å².